The van der Waals surface area contributed by atoms with Gasteiger partial charge in [-0.2, -0.15) is 0 Å². The van der Waals surface area contributed by atoms with Crippen molar-refractivity contribution in [1.29, 1.82) is 0 Å². The molecule has 0 bridgehead atoms. The molecule has 0 radical (unpaired) electrons. The summed E-state index contributed by atoms with van der Waals surface area (Å²) >= 11 is 0. The Labute approximate surface area is 104 Å². The predicted molar refractivity (Wildman–Crippen MR) is 71.5 cm³/mol. The summed E-state index contributed by atoms with van der Waals surface area (Å²) in [7, 11) is 1.74. The van der Waals surface area contributed by atoms with Crippen molar-refractivity contribution in [3.63, 3.8) is 0 Å². The van der Waals surface area contributed by atoms with E-state index in [1.165, 1.54) is 24.0 Å². The quantitative estimate of drug-likeness (QED) is 0.819. The highest BCUT2D eigenvalue weighted by Crippen LogP contribution is 2.44. The van der Waals surface area contributed by atoms with Gasteiger partial charge in [-0.1, -0.05) is 19.1 Å². The van der Waals surface area contributed by atoms with Crippen LogP contribution in [0.3, 0.4) is 0 Å². The number of hydrogen-bond acceptors (Lipinski definition) is 2. The molecule has 94 valence electrons. The summed E-state index contributed by atoms with van der Waals surface area (Å²) in [6, 6.07) is 6.65. The van der Waals surface area contributed by atoms with Crippen molar-refractivity contribution in [1.82, 2.24) is 0 Å². The van der Waals surface area contributed by atoms with Crippen LogP contribution < -0.4 is 10.5 Å². The van der Waals surface area contributed by atoms with Gasteiger partial charge < -0.3 is 10.5 Å². The third kappa shape index (κ3) is 2.81. The van der Waals surface area contributed by atoms with Gasteiger partial charge in [-0.3, -0.25) is 0 Å². The zero-order valence-electron chi connectivity index (χ0n) is 10.9. The molecule has 1 fully saturated rings. The van der Waals surface area contributed by atoms with Crippen LogP contribution in [0, 0.1) is 5.92 Å². The maximum absolute atomic E-state index is 5.73. The Balaban J connectivity index is 2.24. The summed E-state index contributed by atoms with van der Waals surface area (Å²) < 4.78 is 5.38. The number of benzene rings is 1. The van der Waals surface area contributed by atoms with Crippen molar-refractivity contribution in [2.45, 2.75) is 38.5 Å². The van der Waals surface area contributed by atoms with Gasteiger partial charge in [0, 0.05) is 0 Å². The van der Waals surface area contributed by atoms with Gasteiger partial charge in [0.25, 0.3) is 0 Å². The number of rotatable bonds is 6. The summed E-state index contributed by atoms with van der Waals surface area (Å²) in [5.41, 5.74) is 8.50. The van der Waals surface area contributed by atoms with Crippen LogP contribution in [0.1, 0.15) is 43.2 Å². The first-order valence-electron chi connectivity index (χ1n) is 6.67. The lowest BCUT2D eigenvalue weighted by Gasteiger charge is -2.18. The molecule has 0 aliphatic heterocycles. The highest BCUT2D eigenvalue weighted by atomic mass is 16.5. The van der Waals surface area contributed by atoms with Crippen molar-refractivity contribution >= 4 is 0 Å². The van der Waals surface area contributed by atoms with Crippen molar-refractivity contribution in [2.75, 3.05) is 13.7 Å². The van der Waals surface area contributed by atoms with E-state index >= 15 is 0 Å². The molecule has 17 heavy (non-hydrogen) atoms. The van der Waals surface area contributed by atoms with Crippen molar-refractivity contribution in [3.05, 3.63) is 29.3 Å². The van der Waals surface area contributed by atoms with E-state index in [9.17, 15) is 0 Å². The van der Waals surface area contributed by atoms with Crippen LogP contribution in [-0.2, 0) is 6.42 Å². The molecule has 0 aromatic heterocycles. The first-order valence-corrected chi connectivity index (χ1v) is 6.67. The Kier molecular flexibility index (Phi) is 4.06. The number of methoxy groups -OCH3 is 1. The van der Waals surface area contributed by atoms with Crippen LogP contribution in [-0.4, -0.2) is 13.7 Å². The minimum Gasteiger partial charge on any atom is -0.496 e. The van der Waals surface area contributed by atoms with Crippen molar-refractivity contribution in [3.8, 4) is 5.75 Å². The molecule has 1 unspecified atom stereocenters. The largest absolute Gasteiger partial charge is 0.496 e. The minimum atomic E-state index is 0.663. The molecule has 1 saturated carbocycles. The van der Waals surface area contributed by atoms with E-state index in [0.29, 0.717) is 5.92 Å². The fourth-order valence-corrected chi connectivity index (χ4v) is 2.66. The summed E-state index contributed by atoms with van der Waals surface area (Å²) in [6.45, 7) is 2.96. The van der Waals surface area contributed by atoms with E-state index < -0.39 is 0 Å². The first-order chi connectivity index (χ1) is 8.30. The molecule has 0 heterocycles. The Morgan fingerprint density at radius 2 is 2.18 bits per heavy atom. The molecule has 1 aliphatic rings. The van der Waals surface area contributed by atoms with E-state index in [4.69, 9.17) is 10.5 Å². The Morgan fingerprint density at radius 3 is 2.71 bits per heavy atom. The van der Waals surface area contributed by atoms with Crippen LogP contribution in [0.5, 0.6) is 5.75 Å². The zero-order chi connectivity index (χ0) is 12.3. The van der Waals surface area contributed by atoms with Crippen LogP contribution in [0.25, 0.3) is 0 Å². The van der Waals surface area contributed by atoms with Crippen molar-refractivity contribution < 1.29 is 4.74 Å². The Bertz CT molecular complexity index is 371. The second kappa shape index (κ2) is 5.54. The zero-order valence-corrected chi connectivity index (χ0v) is 10.9. The fraction of sp³-hybridized carbons (Fsp3) is 0.600. The molecule has 2 N–H and O–H groups in total. The molecule has 1 aliphatic carbocycles. The van der Waals surface area contributed by atoms with Gasteiger partial charge in [-0.05, 0) is 61.3 Å². The highest BCUT2D eigenvalue weighted by molar-refractivity contribution is 5.39. The van der Waals surface area contributed by atoms with Crippen LogP contribution in [0.2, 0.25) is 0 Å². The van der Waals surface area contributed by atoms with Crippen molar-refractivity contribution in [2.24, 2.45) is 11.7 Å². The molecule has 1 aromatic carbocycles. The average Bonchev–Trinajstić information content (AvgIpc) is 3.19. The van der Waals surface area contributed by atoms with Gasteiger partial charge in [0.1, 0.15) is 5.75 Å². The Hall–Kier alpha value is -1.02. The van der Waals surface area contributed by atoms with Gasteiger partial charge in [0.15, 0.2) is 0 Å². The van der Waals surface area contributed by atoms with Gasteiger partial charge in [-0.25, -0.2) is 0 Å². The van der Waals surface area contributed by atoms with Crippen LogP contribution >= 0.6 is 0 Å². The van der Waals surface area contributed by atoms with E-state index in [1.807, 2.05) is 0 Å². The van der Waals surface area contributed by atoms with E-state index in [0.717, 1.165) is 31.1 Å². The molecule has 0 amide bonds. The smallest absolute Gasteiger partial charge is 0.122 e. The molecule has 0 saturated heterocycles. The lowest BCUT2D eigenvalue weighted by molar-refractivity contribution is 0.409. The summed E-state index contributed by atoms with van der Waals surface area (Å²) in [5.74, 6) is 2.55. The molecule has 1 atom stereocenters. The van der Waals surface area contributed by atoms with Gasteiger partial charge in [0.2, 0.25) is 0 Å². The number of nitrogens with two attached hydrogens (primary N) is 1. The maximum Gasteiger partial charge on any atom is 0.122 e. The monoisotopic (exact) mass is 233 g/mol. The van der Waals surface area contributed by atoms with Gasteiger partial charge in [0.05, 0.1) is 7.11 Å². The molecule has 2 nitrogen and oxygen atoms in total. The fourth-order valence-electron chi connectivity index (χ4n) is 2.66. The average molecular weight is 233 g/mol. The second-order valence-electron chi connectivity index (χ2n) is 4.95. The van der Waals surface area contributed by atoms with Crippen LogP contribution in [0.4, 0.5) is 0 Å². The Morgan fingerprint density at radius 1 is 1.41 bits per heavy atom. The summed E-state index contributed by atoms with van der Waals surface area (Å²) in [5, 5.41) is 0. The second-order valence-corrected chi connectivity index (χ2v) is 4.95. The number of ether oxygens (including phenoxy) is 1. The topological polar surface area (TPSA) is 35.2 Å². The van der Waals surface area contributed by atoms with Crippen LogP contribution in [0.15, 0.2) is 18.2 Å². The molecule has 1 aromatic rings. The molecular weight excluding hydrogens is 210 g/mol. The van der Waals surface area contributed by atoms with E-state index in [-0.39, 0.29) is 0 Å². The molecule has 2 heteroatoms. The number of aryl methyl sites for hydroxylation is 1. The lowest BCUT2D eigenvalue weighted by atomic mass is 9.89. The molecule has 2 rings (SSSR count). The third-order valence-electron chi connectivity index (χ3n) is 3.78. The SMILES string of the molecule is CCc1cc(C(CCN)C2CC2)ccc1OC. The molecule has 0 spiro atoms. The normalized spacial score (nSPS) is 16.9. The number of hydrogen-bond donors (Lipinski definition) is 1. The van der Waals surface area contributed by atoms with E-state index in [1.54, 1.807) is 7.11 Å². The standard InChI is InChI=1S/C15H23NO/c1-3-11-10-13(6-7-15(11)17-2)14(8-9-16)12-4-5-12/h6-7,10,12,14H,3-5,8-9,16H2,1-2H3. The van der Waals surface area contributed by atoms with E-state index in [2.05, 4.69) is 25.1 Å². The summed E-state index contributed by atoms with van der Waals surface area (Å²) in [6.07, 6.45) is 4.88. The highest BCUT2D eigenvalue weighted by Gasteiger charge is 2.31. The maximum atomic E-state index is 5.73. The third-order valence-corrected chi connectivity index (χ3v) is 3.78. The summed E-state index contributed by atoms with van der Waals surface area (Å²) in [4.78, 5) is 0. The predicted octanol–water partition coefficient (Wildman–Crippen LogP) is 3.10. The minimum absolute atomic E-state index is 0.663. The van der Waals surface area contributed by atoms with Gasteiger partial charge in [-0.15, -0.1) is 0 Å². The first kappa shape index (κ1) is 12.4. The lowest BCUT2D eigenvalue weighted by Crippen LogP contribution is -2.09. The van der Waals surface area contributed by atoms with Gasteiger partial charge >= 0.3 is 0 Å². The molecular formula is C15H23NO.